The van der Waals surface area contributed by atoms with Gasteiger partial charge in [0.2, 0.25) is 0 Å². The minimum absolute atomic E-state index is 0.0516. The molecule has 0 aromatic heterocycles. The molecule has 1 aromatic rings. The summed E-state index contributed by atoms with van der Waals surface area (Å²) in [5, 5.41) is 38.8. The van der Waals surface area contributed by atoms with Gasteiger partial charge in [-0.1, -0.05) is 0 Å². The van der Waals surface area contributed by atoms with E-state index in [-0.39, 0.29) is 18.1 Å². The summed E-state index contributed by atoms with van der Waals surface area (Å²) in [7, 11) is 1.09. The van der Waals surface area contributed by atoms with Crippen molar-refractivity contribution < 1.29 is 33.4 Å². The maximum Gasteiger partial charge on any atom is 0.349 e. The first-order valence-corrected chi connectivity index (χ1v) is 10.2. The van der Waals surface area contributed by atoms with Gasteiger partial charge >= 0.3 is 5.69 Å². The average Bonchev–Trinajstić information content (AvgIpc) is 2.74. The van der Waals surface area contributed by atoms with Crippen LogP contribution in [0.2, 0.25) is 0 Å². The lowest BCUT2D eigenvalue weighted by atomic mass is 10.1. The third-order valence-electron chi connectivity index (χ3n) is 4.71. The molecule has 0 aliphatic carbocycles. The Morgan fingerprint density at radius 1 is 1.16 bits per heavy atom. The van der Waals surface area contributed by atoms with Crippen LogP contribution in [0.15, 0.2) is 21.7 Å². The first kappa shape index (κ1) is 25.7. The number of aliphatic hydroxyl groups is 4. The van der Waals surface area contributed by atoms with Crippen LogP contribution in [0.1, 0.15) is 11.1 Å². The highest BCUT2D eigenvalue weighted by Gasteiger charge is 2.27. The van der Waals surface area contributed by atoms with Crippen molar-refractivity contribution in [3.63, 3.8) is 0 Å². The Kier molecular flexibility index (Phi) is 8.68. The monoisotopic (exact) mass is 471 g/mol. The zero-order valence-corrected chi connectivity index (χ0v) is 18.2. The minimum Gasteiger partial charge on any atom is -0.750 e. The Balaban J connectivity index is 0.000000654. The first-order chi connectivity index (χ1) is 15.0. The van der Waals surface area contributed by atoms with Crippen LogP contribution < -0.4 is 11.2 Å². The third kappa shape index (κ3) is 5.80. The lowest BCUT2D eigenvalue weighted by Gasteiger charge is -2.25. The fourth-order valence-electron chi connectivity index (χ4n) is 2.89. The van der Waals surface area contributed by atoms with E-state index in [1.54, 1.807) is 12.1 Å². The van der Waals surface area contributed by atoms with Crippen molar-refractivity contribution in [2.24, 2.45) is 0 Å². The molecule has 4 atom stereocenters. The lowest BCUT2D eigenvalue weighted by Crippen LogP contribution is -2.42. The van der Waals surface area contributed by atoms with Crippen molar-refractivity contribution in [1.82, 2.24) is 19.5 Å². The number of rotatable bonds is 6. The molecule has 14 heteroatoms. The average molecular weight is 471 g/mol. The first-order valence-electron chi connectivity index (χ1n) is 9.20. The fourth-order valence-corrected chi connectivity index (χ4v) is 2.89. The smallest absolute Gasteiger partial charge is 0.349 e. The molecule has 2 aliphatic heterocycles. The molecule has 5 N–H and O–H groups in total. The fraction of sp³-hybridized carbons (Fsp3) is 0.444. The molecule has 0 bridgehead atoms. The normalized spacial score (nSPS) is 15.1. The summed E-state index contributed by atoms with van der Waals surface area (Å²) < 4.78 is 23.4. The Labute approximate surface area is 183 Å². The van der Waals surface area contributed by atoms with Crippen LogP contribution >= 0.6 is 0 Å². The number of aromatic nitrogens is 4. The topological polar surface area (TPSA) is 211 Å². The van der Waals surface area contributed by atoms with Crippen LogP contribution in [0.25, 0.3) is 22.6 Å². The van der Waals surface area contributed by atoms with E-state index in [1.807, 2.05) is 13.8 Å². The van der Waals surface area contributed by atoms with Crippen molar-refractivity contribution in [3.05, 3.63) is 44.1 Å². The summed E-state index contributed by atoms with van der Waals surface area (Å²) in [4.78, 5) is 34.0. The molecule has 2 aliphatic rings. The Morgan fingerprint density at radius 2 is 1.75 bits per heavy atom. The largest absolute Gasteiger partial charge is 0.750 e. The molecule has 2 heterocycles. The molecular formula is C18H23N4O9S-. The molecule has 13 nitrogen and oxygen atoms in total. The van der Waals surface area contributed by atoms with Crippen LogP contribution in [0.4, 0.5) is 0 Å². The van der Waals surface area contributed by atoms with Crippen LogP contribution in [-0.2, 0) is 22.1 Å². The van der Waals surface area contributed by atoms with Crippen LogP contribution in [0.3, 0.4) is 0 Å². The number of hydrogen-bond acceptors (Lipinski definition) is 11. The van der Waals surface area contributed by atoms with Crippen LogP contribution in [0, 0.1) is 13.8 Å². The molecule has 3 rings (SSSR count). The van der Waals surface area contributed by atoms with Gasteiger partial charge in [0.25, 0.3) is 5.56 Å². The highest BCUT2D eigenvalue weighted by molar-refractivity contribution is 7.74. The standard InChI is InChI=1S/C17H20N4O6.CH4O3S/c1-7-3-9-10(4-8(7)2)21(5-11(23)14(25)12(24)6-22)15-13(18-9)16(26)20-17(27)19-15;1-4-5(2)3/h3-4,11-12,14,22-25H,5-6H2,1-2H3,(H,20,26,27);1H3,(H,2,3)/p-1/t11-,12+,14-;/m0./s1. The quantitative estimate of drug-likeness (QED) is 0.191. The maximum absolute atomic E-state index is 12.2. The van der Waals surface area contributed by atoms with E-state index < -0.39 is 47.5 Å². The van der Waals surface area contributed by atoms with E-state index in [0.717, 1.165) is 18.2 Å². The second-order valence-electron chi connectivity index (χ2n) is 6.87. The summed E-state index contributed by atoms with van der Waals surface area (Å²) in [5.74, 6) is -0.0516. The molecule has 0 radical (unpaired) electrons. The van der Waals surface area contributed by atoms with Gasteiger partial charge in [0.1, 0.15) is 18.3 Å². The van der Waals surface area contributed by atoms with Crippen molar-refractivity contribution in [1.29, 1.82) is 0 Å². The number of nitrogens with zero attached hydrogens (tertiary/aromatic N) is 3. The second-order valence-corrected chi connectivity index (χ2v) is 7.61. The van der Waals surface area contributed by atoms with Crippen LogP contribution in [-0.4, -0.2) is 80.7 Å². The molecule has 1 aromatic carbocycles. The predicted octanol–water partition coefficient (Wildman–Crippen LogP) is -2.30. The van der Waals surface area contributed by atoms with Crippen molar-refractivity contribution in [2.45, 2.75) is 38.7 Å². The van der Waals surface area contributed by atoms with E-state index in [4.69, 9.17) is 13.9 Å². The minimum atomic E-state index is -2.32. The number of hydrogen-bond donors (Lipinski definition) is 5. The van der Waals surface area contributed by atoms with E-state index in [1.165, 1.54) is 4.57 Å². The number of aliphatic hydroxyl groups excluding tert-OH is 4. The van der Waals surface area contributed by atoms with Gasteiger partial charge < -0.3 is 33.7 Å². The lowest BCUT2D eigenvalue weighted by molar-refractivity contribution is -0.0802. The van der Waals surface area contributed by atoms with Gasteiger partial charge in [-0.05, 0) is 37.1 Å². The maximum atomic E-state index is 12.2. The number of aromatic amines is 1. The summed E-state index contributed by atoms with van der Waals surface area (Å²) in [6.45, 7) is 2.73. The predicted molar refractivity (Wildman–Crippen MR) is 112 cm³/mol. The number of aryl methyl sites for hydroxylation is 2. The summed E-state index contributed by atoms with van der Waals surface area (Å²) in [6, 6.07) is 3.53. The molecule has 0 saturated heterocycles. The Bertz CT molecular complexity index is 1200. The van der Waals surface area contributed by atoms with Gasteiger partial charge in [0, 0.05) is 0 Å². The molecule has 0 fully saturated rings. The van der Waals surface area contributed by atoms with Gasteiger partial charge in [-0.25, -0.2) is 14.0 Å². The number of nitrogens with one attached hydrogen (secondary N) is 1. The third-order valence-corrected chi connectivity index (χ3v) is 4.98. The zero-order valence-electron chi connectivity index (χ0n) is 17.4. The van der Waals surface area contributed by atoms with Gasteiger partial charge in [-0.3, -0.25) is 9.78 Å². The summed E-state index contributed by atoms with van der Waals surface area (Å²) in [5.41, 5.74) is 1.11. The highest BCUT2D eigenvalue weighted by atomic mass is 32.2. The van der Waals surface area contributed by atoms with E-state index in [9.17, 15) is 24.9 Å². The van der Waals surface area contributed by atoms with Crippen LogP contribution in [0.5, 0.6) is 0 Å². The van der Waals surface area contributed by atoms with Gasteiger partial charge in [-0.2, -0.15) is 4.98 Å². The molecule has 176 valence electrons. The van der Waals surface area contributed by atoms with Crippen molar-refractivity contribution >= 4 is 22.4 Å². The van der Waals surface area contributed by atoms with Gasteiger partial charge in [0.15, 0.2) is 11.5 Å². The molecule has 0 amide bonds. The second kappa shape index (κ2) is 10.8. The number of fused-ring (bicyclic) bond motifs is 2. The number of benzene rings is 1. The SMILES string of the molecule is COS(=O)[O-].Cc1cc2nc3c(=O)[nH]c(=O)nc-3n(C[C@H](O)[C@H](O)[C@H](O)CO)c2cc1C. The molecular weight excluding hydrogens is 448 g/mol. The molecule has 32 heavy (non-hydrogen) atoms. The van der Waals surface area contributed by atoms with Gasteiger partial charge in [0.05, 0.1) is 42.7 Å². The Morgan fingerprint density at radius 3 is 2.31 bits per heavy atom. The summed E-state index contributed by atoms with van der Waals surface area (Å²) in [6.07, 6.45) is -4.68. The van der Waals surface area contributed by atoms with Crippen molar-refractivity contribution in [3.8, 4) is 11.5 Å². The highest BCUT2D eigenvalue weighted by Crippen LogP contribution is 2.24. The molecule has 1 unspecified atom stereocenters. The Hall–Kier alpha value is -2.59. The molecule has 0 saturated carbocycles. The van der Waals surface area contributed by atoms with Gasteiger partial charge in [-0.15, -0.1) is 0 Å². The van der Waals surface area contributed by atoms with Crippen molar-refractivity contribution in [2.75, 3.05) is 13.7 Å². The van der Waals surface area contributed by atoms with E-state index in [2.05, 4.69) is 19.1 Å². The number of H-pyrrole nitrogens is 1. The van der Waals surface area contributed by atoms with E-state index >= 15 is 0 Å². The summed E-state index contributed by atoms with van der Waals surface area (Å²) >= 11 is -2.32. The van der Waals surface area contributed by atoms with E-state index in [0.29, 0.717) is 11.0 Å². The zero-order chi connectivity index (χ0) is 24.2. The molecule has 0 spiro atoms.